The first-order chi connectivity index (χ1) is 21.4. The zero-order valence-corrected chi connectivity index (χ0v) is 24.0. The third-order valence-electron chi connectivity index (χ3n) is 8.36. The van der Waals surface area contributed by atoms with Crippen molar-refractivity contribution in [2.24, 2.45) is 0 Å². The number of fused-ring (bicyclic) bond motifs is 7. The van der Waals surface area contributed by atoms with E-state index in [4.69, 9.17) is 4.98 Å². The fourth-order valence-corrected chi connectivity index (χ4v) is 7.65. The van der Waals surface area contributed by atoms with Gasteiger partial charge in [-0.05, 0) is 30.3 Å². The Labute approximate surface area is 252 Å². The Balaban J connectivity index is 1.45. The van der Waals surface area contributed by atoms with E-state index in [1.54, 1.807) is 11.3 Å². The fraction of sp³-hybridized carbons (Fsp3) is 0. The maximum absolute atomic E-state index is 5.27. The van der Waals surface area contributed by atoms with Crippen LogP contribution in [0.3, 0.4) is 0 Å². The van der Waals surface area contributed by atoms with Crippen LogP contribution in [0.15, 0.2) is 152 Å². The van der Waals surface area contributed by atoms with Gasteiger partial charge in [-0.15, -0.1) is 0 Å². The van der Waals surface area contributed by atoms with Gasteiger partial charge in [-0.1, -0.05) is 133 Å². The first-order valence-corrected chi connectivity index (χ1v) is 15.3. The molecule has 202 valence electrons. The van der Waals surface area contributed by atoms with Crippen LogP contribution in [-0.2, 0) is 0 Å². The number of aromatic nitrogens is 3. The van der Waals surface area contributed by atoms with Gasteiger partial charge in [-0.3, -0.25) is 4.57 Å². The molecule has 4 heteroatoms. The van der Waals surface area contributed by atoms with Crippen LogP contribution in [0, 0.1) is 0 Å². The van der Waals surface area contributed by atoms with Crippen molar-refractivity contribution in [2.45, 2.75) is 0 Å². The second-order valence-corrected chi connectivity index (χ2v) is 11.8. The molecule has 0 aliphatic rings. The number of benzene rings is 6. The van der Waals surface area contributed by atoms with Gasteiger partial charge < -0.3 is 4.57 Å². The summed E-state index contributed by atoms with van der Waals surface area (Å²) >= 11 is 1.75. The molecule has 3 heterocycles. The number of hydrogen-bond acceptors (Lipinski definition) is 2. The van der Waals surface area contributed by atoms with Gasteiger partial charge in [0.05, 0.1) is 22.1 Å². The highest BCUT2D eigenvalue weighted by molar-refractivity contribution is 7.18. The second-order valence-electron chi connectivity index (χ2n) is 10.8. The topological polar surface area (TPSA) is 22.8 Å². The summed E-state index contributed by atoms with van der Waals surface area (Å²) < 4.78 is 4.87. The fourth-order valence-electron chi connectivity index (χ4n) is 6.52. The minimum atomic E-state index is 0.996. The molecule has 9 aromatic rings. The largest absolute Gasteiger partial charge is 0.309 e. The van der Waals surface area contributed by atoms with E-state index in [-0.39, 0.29) is 0 Å². The van der Waals surface area contributed by atoms with E-state index in [0.717, 1.165) is 32.5 Å². The van der Waals surface area contributed by atoms with Crippen LogP contribution in [0.25, 0.3) is 76.1 Å². The predicted molar refractivity (Wildman–Crippen MR) is 182 cm³/mol. The smallest absolute Gasteiger partial charge is 0.129 e. The lowest BCUT2D eigenvalue weighted by Crippen LogP contribution is -1.95. The van der Waals surface area contributed by atoms with E-state index < -0.39 is 0 Å². The molecule has 0 saturated heterocycles. The quantitative estimate of drug-likeness (QED) is 0.207. The maximum Gasteiger partial charge on any atom is 0.129 e. The van der Waals surface area contributed by atoms with E-state index in [2.05, 4.69) is 161 Å². The third-order valence-corrected chi connectivity index (χ3v) is 9.45. The lowest BCUT2D eigenvalue weighted by molar-refractivity contribution is 1.18. The number of nitrogens with zero attached hydrogens (tertiary/aromatic N) is 3. The molecule has 0 atom stereocenters. The van der Waals surface area contributed by atoms with Gasteiger partial charge in [-0.25, -0.2) is 4.98 Å². The Kier molecular flexibility index (Phi) is 5.37. The van der Waals surface area contributed by atoms with Gasteiger partial charge in [-0.2, -0.15) is 0 Å². The van der Waals surface area contributed by atoms with Gasteiger partial charge >= 0.3 is 0 Å². The lowest BCUT2D eigenvalue weighted by Gasteiger charge is -2.10. The molecule has 0 saturated carbocycles. The SMILES string of the molecule is c1ccc(-c2nc(-c3ccccc3)c(-n3c4ccccc4c4c3ccc3c5ccccc5n(-c5ccccc5)c34)s2)cc1. The van der Waals surface area contributed by atoms with E-state index in [1.165, 1.54) is 43.6 Å². The molecular weight excluding hydrogens is 543 g/mol. The molecule has 3 aromatic heterocycles. The molecule has 9 rings (SSSR count). The van der Waals surface area contributed by atoms with Crippen LogP contribution in [0.1, 0.15) is 0 Å². The Morgan fingerprint density at radius 2 is 1.02 bits per heavy atom. The van der Waals surface area contributed by atoms with Gasteiger partial charge in [0.15, 0.2) is 0 Å². The van der Waals surface area contributed by atoms with E-state index in [1.807, 2.05) is 0 Å². The molecule has 0 unspecified atom stereocenters. The van der Waals surface area contributed by atoms with Crippen molar-refractivity contribution in [3.05, 3.63) is 152 Å². The standard InChI is InChI=1S/C39H25N3S/c1-4-14-26(15-5-1)36-39(43-38(40-36)27-16-6-2-7-17-27)42-33-23-13-11-21-31(33)35-34(42)25-24-30-29-20-10-12-22-32(29)41(37(30)35)28-18-8-3-9-19-28/h1-25H. The van der Waals surface area contributed by atoms with Crippen molar-refractivity contribution >= 4 is 54.9 Å². The van der Waals surface area contributed by atoms with Crippen molar-refractivity contribution < 1.29 is 0 Å². The van der Waals surface area contributed by atoms with E-state index >= 15 is 0 Å². The molecule has 0 aliphatic heterocycles. The van der Waals surface area contributed by atoms with E-state index in [0.29, 0.717) is 0 Å². The molecule has 0 N–H and O–H groups in total. The average molecular weight is 568 g/mol. The van der Waals surface area contributed by atoms with Crippen molar-refractivity contribution in [3.63, 3.8) is 0 Å². The summed E-state index contributed by atoms with van der Waals surface area (Å²) in [7, 11) is 0. The van der Waals surface area contributed by atoms with Crippen LogP contribution in [0.5, 0.6) is 0 Å². The minimum Gasteiger partial charge on any atom is -0.309 e. The molecule has 0 spiro atoms. The van der Waals surface area contributed by atoms with E-state index in [9.17, 15) is 0 Å². The van der Waals surface area contributed by atoms with Crippen molar-refractivity contribution in [1.82, 2.24) is 14.1 Å². The van der Waals surface area contributed by atoms with Crippen LogP contribution in [0.4, 0.5) is 0 Å². The Morgan fingerprint density at radius 1 is 0.442 bits per heavy atom. The van der Waals surface area contributed by atoms with Crippen LogP contribution < -0.4 is 0 Å². The lowest BCUT2D eigenvalue weighted by atomic mass is 10.1. The van der Waals surface area contributed by atoms with Crippen molar-refractivity contribution in [1.29, 1.82) is 0 Å². The summed E-state index contributed by atoms with van der Waals surface area (Å²) in [4.78, 5) is 5.27. The maximum atomic E-state index is 5.27. The zero-order valence-electron chi connectivity index (χ0n) is 23.2. The van der Waals surface area contributed by atoms with Crippen molar-refractivity contribution in [3.8, 4) is 32.5 Å². The molecular formula is C39H25N3S. The monoisotopic (exact) mass is 567 g/mol. The average Bonchev–Trinajstić information content (AvgIpc) is 3.76. The van der Waals surface area contributed by atoms with Crippen LogP contribution in [0.2, 0.25) is 0 Å². The highest BCUT2D eigenvalue weighted by Crippen LogP contribution is 2.45. The number of thiazole rings is 1. The second kappa shape index (κ2) is 9.55. The predicted octanol–water partition coefficient (Wildman–Crippen LogP) is 10.7. The summed E-state index contributed by atoms with van der Waals surface area (Å²) in [5.41, 5.74) is 9.19. The summed E-state index contributed by atoms with van der Waals surface area (Å²) in [5.74, 6) is 0. The Bertz CT molecular complexity index is 2430. The molecule has 0 bridgehead atoms. The third kappa shape index (κ3) is 3.64. The molecule has 0 aliphatic carbocycles. The number of hydrogen-bond donors (Lipinski definition) is 0. The van der Waals surface area contributed by atoms with Crippen molar-refractivity contribution in [2.75, 3.05) is 0 Å². The summed E-state index contributed by atoms with van der Waals surface area (Å²) in [5, 5.41) is 7.14. The molecule has 3 nitrogen and oxygen atoms in total. The zero-order chi connectivity index (χ0) is 28.3. The van der Waals surface area contributed by atoms with Crippen LogP contribution >= 0.6 is 11.3 Å². The molecule has 0 fully saturated rings. The Morgan fingerprint density at radius 3 is 1.74 bits per heavy atom. The summed E-state index contributed by atoms with van der Waals surface area (Å²) in [6, 6.07) is 53.9. The van der Waals surface area contributed by atoms with Gasteiger partial charge in [0.25, 0.3) is 0 Å². The molecule has 0 amide bonds. The van der Waals surface area contributed by atoms with Gasteiger partial charge in [0, 0.05) is 38.4 Å². The molecule has 0 radical (unpaired) electrons. The van der Waals surface area contributed by atoms with Crippen LogP contribution in [-0.4, -0.2) is 14.1 Å². The normalized spacial score (nSPS) is 11.7. The minimum absolute atomic E-state index is 0.996. The first kappa shape index (κ1) is 24.2. The summed E-state index contributed by atoms with van der Waals surface area (Å²) in [6.07, 6.45) is 0. The first-order valence-electron chi connectivity index (χ1n) is 14.5. The molecule has 6 aromatic carbocycles. The molecule has 43 heavy (non-hydrogen) atoms. The summed E-state index contributed by atoms with van der Waals surface area (Å²) in [6.45, 7) is 0. The Hall–Kier alpha value is -5.45. The van der Waals surface area contributed by atoms with Gasteiger partial charge in [0.2, 0.25) is 0 Å². The number of rotatable bonds is 4. The van der Waals surface area contributed by atoms with Gasteiger partial charge in [0.1, 0.15) is 15.7 Å². The highest BCUT2D eigenvalue weighted by atomic mass is 32.1. The number of para-hydroxylation sites is 3. The highest BCUT2D eigenvalue weighted by Gasteiger charge is 2.24.